The van der Waals surface area contributed by atoms with Gasteiger partial charge in [-0.15, -0.1) is 0 Å². The summed E-state index contributed by atoms with van der Waals surface area (Å²) in [6.07, 6.45) is -2.35. The lowest BCUT2D eigenvalue weighted by atomic mass is 9.93. The average molecular weight is 366 g/mol. The molecular weight excluding hydrogens is 344 g/mol. The third-order valence-electron chi connectivity index (χ3n) is 4.80. The molecule has 0 amide bonds. The van der Waals surface area contributed by atoms with Crippen LogP contribution < -0.4 is 10.6 Å². The summed E-state index contributed by atoms with van der Waals surface area (Å²) < 4.78 is 53.9. The fraction of sp³-hybridized carbons (Fsp3) is 0.400. The van der Waals surface area contributed by atoms with Crippen molar-refractivity contribution in [2.45, 2.75) is 38.4 Å². The molecule has 0 aromatic heterocycles. The summed E-state index contributed by atoms with van der Waals surface area (Å²) in [6, 6.07) is 8.22. The van der Waals surface area contributed by atoms with Crippen LogP contribution in [0.4, 0.5) is 23.2 Å². The molecule has 1 aliphatic heterocycles. The van der Waals surface area contributed by atoms with Crippen molar-refractivity contribution in [1.29, 1.82) is 0 Å². The average Bonchev–Trinajstić information content (AvgIpc) is 2.55. The molecule has 2 N–H and O–H groups in total. The van der Waals surface area contributed by atoms with E-state index in [2.05, 4.69) is 10.6 Å². The van der Waals surface area contributed by atoms with Gasteiger partial charge in [-0.1, -0.05) is 18.2 Å². The van der Waals surface area contributed by atoms with E-state index in [1.165, 1.54) is 18.2 Å². The van der Waals surface area contributed by atoms with Gasteiger partial charge in [0.1, 0.15) is 5.82 Å². The molecule has 0 aliphatic carbocycles. The number of hydrogen-bond acceptors (Lipinski definition) is 2. The summed E-state index contributed by atoms with van der Waals surface area (Å²) in [5.74, 6) is -0.366. The Bertz CT molecular complexity index is 754. The molecule has 0 saturated heterocycles. The monoisotopic (exact) mass is 366 g/mol. The Hall–Kier alpha value is -2.08. The summed E-state index contributed by atoms with van der Waals surface area (Å²) in [6.45, 7) is 3.34. The van der Waals surface area contributed by atoms with Gasteiger partial charge in [-0.05, 0) is 74.2 Å². The van der Waals surface area contributed by atoms with Crippen LogP contribution in [0.1, 0.15) is 41.6 Å². The first kappa shape index (κ1) is 18.7. The first-order valence-electron chi connectivity index (χ1n) is 8.81. The molecule has 6 heteroatoms. The van der Waals surface area contributed by atoms with E-state index < -0.39 is 11.7 Å². The van der Waals surface area contributed by atoms with E-state index in [1.54, 1.807) is 25.1 Å². The topological polar surface area (TPSA) is 24.1 Å². The predicted octanol–water partition coefficient (Wildman–Crippen LogP) is 5.10. The molecular formula is C20H22F4N2. The zero-order chi connectivity index (χ0) is 18.7. The fourth-order valence-electron chi connectivity index (χ4n) is 3.40. The number of hydrogen-bond donors (Lipinski definition) is 2. The van der Waals surface area contributed by atoms with Crippen molar-refractivity contribution in [2.24, 2.45) is 0 Å². The lowest BCUT2D eigenvalue weighted by Crippen LogP contribution is -2.24. The van der Waals surface area contributed by atoms with Crippen LogP contribution in [0.3, 0.4) is 0 Å². The van der Waals surface area contributed by atoms with Crippen LogP contribution in [0.5, 0.6) is 0 Å². The largest absolute Gasteiger partial charge is 0.418 e. The van der Waals surface area contributed by atoms with E-state index in [0.717, 1.165) is 36.2 Å². The minimum absolute atomic E-state index is 0.161. The lowest BCUT2D eigenvalue weighted by molar-refractivity contribution is -0.137. The van der Waals surface area contributed by atoms with Crippen molar-refractivity contribution in [3.8, 4) is 0 Å². The van der Waals surface area contributed by atoms with E-state index >= 15 is 0 Å². The van der Waals surface area contributed by atoms with Crippen LogP contribution in [0, 0.1) is 5.82 Å². The summed E-state index contributed by atoms with van der Waals surface area (Å²) in [5.41, 5.74) is 1.95. The van der Waals surface area contributed by atoms with Gasteiger partial charge in [-0.2, -0.15) is 13.2 Å². The van der Waals surface area contributed by atoms with Crippen molar-refractivity contribution < 1.29 is 17.6 Å². The highest BCUT2D eigenvalue weighted by molar-refractivity contribution is 5.63. The third kappa shape index (κ3) is 4.18. The van der Waals surface area contributed by atoms with E-state index in [0.29, 0.717) is 12.8 Å². The second-order valence-corrected chi connectivity index (χ2v) is 6.64. The summed E-state index contributed by atoms with van der Waals surface area (Å²) in [4.78, 5) is 0. The number of nitrogens with one attached hydrogen (secondary N) is 2. The van der Waals surface area contributed by atoms with E-state index in [-0.39, 0.29) is 17.5 Å². The van der Waals surface area contributed by atoms with Crippen LogP contribution in [0.2, 0.25) is 0 Å². The van der Waals surface area contributed by atoms with Crippen LogP contribution in [-0.2, 0) is 19.0 Å². The van der Waals surface area contributed by atoms with Crippen LogP contribution in [0.15, 0.2) is 36.4 Å². The van der Waals surface area contributed by atoms with E-state index in [4.69, 9.17) is 0 Å². The number of alkyl halides is 3. The van der Waals surface area contributed by atoms with Crippen molar-refractivity contribution in [2.75, 3.05) is 18.4 Å². The first-order valence-corrected chi connectivity index (χ1v) is 8.81. The maximum atomic E-state index is 13.6. The number of anilines is 1. The van der Waals surface area contributed by atoms with Gasteiger partial charge < -0.3 is 10.6 Å². The molecule has 2 aromatic carbocycles. The predicted molar refractivity (Wildman–Crippen MR) is 94.8 cm³/mol. The molecule has 0 spiro atoms. The van der Waals surface area contributed by atoms with Crippen LogP contribution in [-0.4, -0.2) is 13.1 Å². The van der Waals surface area contributed by atoms with Crippen LogP contribution >= 0.6 is 0 Å². The number of halogens is 4. The van der Waals surface area contributed by atoms with Crippen LogP contribution in [0.25, 0.3) is 0 Å². The van der Waals surface area contributed by atoms with Gasteiger partial charge in [-0.25, -0.2) is 4.39 Å². The molecule has 140 valence electrons. The molecule has 2 nitrogen and oxygen atoms in total. The highest BCUT2D eigenvalue weighted by Crippen LogP contribution is 2.40. The summed E-state index contributed by atoms with van der Waals surface area (Å²) in [5, 5.41) is 6.35. The molecule has 1 aliphatic rings. The third-order valence-corrected chi connectivity index (χ3v) is 4.80. The molecule has 2 aromatic rings. The first-order chi connectivity index (χ1) is 12.4. The molecule has 1 atom stereocenters. The standard InChI is InChI=1S/C20H22F4N2/c1-13(14-4-7-16(21)8-5-14)26-19-17-3-2-11-25-12-10-15(17)6-9-18(19)20(22,23)24/h4-9,13,25-26H,2-3,10-12H2,1H3/t13-/m0/s1. The highest BCUT2D eigenvalue weighted by Gasteiger charge is 2.35. The Morgan fingerprint density at radius 2 is 1.73 bits per heavy atom. The van der Waals surface area contributed by atoms with E-state index in [1.807, 2.05) is 0 Å². The van der Waals surface area contributed by atoms with Gasteiger partial charge in [0.05, 0.1) is 11.3 Å². The van der Waals surface area contributed by atoms with Gasteiger partial charge in [0.2, 0.25) is 0 Å². The summed E-state index contributed by atoms with van der Waals surface area (Å²) >= 11 is 0. The van der Waals surface area contributed by atoms with Gasteiger partial charge >= 0.3 is 6.18 Å². The second kappa shape index (κ2) is 7.66. The summed E-state index contributed by atoms with van der Waals surface area (Å²) in [7, 11) is 0. The molecule has 26 heavy (non-hydrogen) atoms. The molecule has 0 saturated carbocycles. The van der Waals surface area contributed by atoms with Crippen molar-refractivity contribution in [3.63, 3.8) is 0 Å². The Kier molecular flexibility index (Phi) is 5.51. The normalized spacial score (nSPS) is 16.3. The molecule has 0 radical (unpaired) electrons. The number of rotatable bonds is 3. The van der Waals surface area contributed by atoms with Crippen molar-refractivity contribution >= 4 is 5.69 Å². The Labute approximate surface area is 150 Å². The SMILES string of the molecule is C[C@H](Nc1c(C(F)(F)F)ccc2c1CCCNCC2)c1ccc(F)cc1. The van der Waals surface area contributed by atoms with E-state index in [9.17, 15) is 17.6 Å². The Balaban J connectivity index is 2.01. The number of benzene rings is 2. The zero-order valence-corrected chi connectivity index (χ0v) is 14.6. The maximum Gasteiger partial charge on any atom is 0.418 e. The Morgan fingerprint density at radius 3 is 2.42 bits per heavy atom. The molecule has 3 rings (SSSR count). The second-order valence-electron chi connectivity index (χ2n) is 6.64. The highest BCUT2D eigenvalue weighted by atomic mass is 19.4. The molecule has 1 heterocycles. The van der Waals surface area contributed by atoms with Gasteiger partial charge in [0.25, 0.3) is 0 Å². The molecule has 0 fully saturated rings. The lowest BCUT2D eigenvalue weighted by Gasteiger charge is -2.26. The Morgan fingerprint density at radius 1 is 1.00 bits per heavy atom. The van der Waals surface area contributed by atoms with Crippen molar-refractivity contribution in [3.05, 3.63) is 64.5 Å². The molecule has 0 unspecified atom stereocenters. The fourth-order valence-corrected chi connectivity index (χ4v) is 3.40. The quantitative estimate of drug-likeness (QED) is 0.739. The van der Waals surface area contributed by atoms with Crippen molar-refractivity contribution in [1.82, 2.24) is 5.32 Å². The smallest absolute Gasteiger partial charge is 0.378 e. The zero-order valence-electron chi connectivity index (χ0n) is 14.6. The van der Waals surface area contributed by atoms with Gasteiger partial charge in [-0.3, -0.25) is 0 Å². The number of fused-ring (bicyclic) bond motifs is 1. The maximum absolute atomic E-state index is 13.6. The molecule has 0 bridgehead atoms. The minimum Gasteiger partial charge on any atom is -0.378 e. The van der Waals surface area contributed by atoms with Gasteiger partial charge in [0.15, 0.2) is 0 Å². The minimum atomic E-state index is -4.43. The van der Waals surface area contributed by atoms with Gasteiger partial charge in [0, 0.05) is 6.04 Å².